The Kier molecular flexibility index (Phi) is 3.91. The predicted octanol–water partition coefficient (Wildman–Crippen LogP) is 3.76. The largest absolute Gasteiger partial charge is 0.389 e. The molecule has 1 N–H and O–H groups in total. The average molecular weight is 316 g/mol. The molecule has 3 aliphatic carbocycles. The molecule has 126 valence electrons. The average Bonchev–Trinajstić information content (AvgIpc) is 2.59. The first-order valence-corrected chi connectivity index (χ1v) is 8.91. The van der Waals surface area contributed by atoms with Gasteiger partial charge in [0.25, 0.3) is 0 Å². The lowest BCUT2D eigenvalue weighted by Crippen LogP contribution is -2.49. The molecule has 0 unspecified atom stereocenters. The van der Waals surface area contributed by atoms with Gasteiger partial charge in [-0.15, -0.1) is 0 Å². The van der Waals surface area contributed by atoms with Gasteiger partial charge in [-0.05, 0) is 48.5 Å². The van der Waals surface area contributed by atoms with Gasteiger partial charge in [0.1, 0.15) is 0 Å². The molecule has 0 radical (unpaired) electrons. The van der Waals surface area contributed by atoms with Gasteiger partial charge < -0.3 is 5.11 Å². The van der Waals surface area contributed by atoms with Gasteiger partial charge in [-0.25, -0.2) is 0 Å². The molecular weight excluding hydrogens is 288 g/mol. The number of ketones is 2. The monoisotopic (exact) mass is 316 g/mol. The van der Waals surface area contributed by atoms with E-state index in [4.69, 9.17) is 0 Å². The van der Waals surface area contributed by atoms with Crippen molar-refractivity contribution >= 4 is 11.6 Å². The number of hydrogen-bond donors (Lipinski definition) is 1. The molecule has 3 aliphatic rings. The van der Waals surface area contributed by atoms with Crippen LogP contribution in [0.4, 0.5) is 0 Å². The number of carbonyl (C=O) groups is 2. The molecular formula is C20H28O3. The highest BCUT2D eigenvalue weighted by Crippen LogP contribution is 2.53. The van der Waals surface area contributed by atoms with Crippen LogP contribution in [0.5, 0.6) is 0 Å². The Bertz CT molecular complexity index is 621. The van der Waals surface area contributed by atoms with Crippen LogP contribution in [-0.4, -0.2) is 22.3 Å². The van der Waals surface area contributed by atoms with Crippen LogP contribution in [-0.2, 0) is 9.59 Å². The van der Waals surface area contributed by atoms with Crippen LogP contribution in [0.15, 0.2) is 22.8 Å². The van der Waals surface area contributed by atoms with Gasteiger partial charge in [0, 0.05) is 17.6 Å². The van der Waals surface area contributed by atoms with Crippen molar-refractivity contribution in [1.29, 1.82) is 0 Å². The van der Waals surface area contributed by atoms with Crippen LogP contribution >= 0.6 is 0 Å². The third-order valence-electron chi connectivity index (χ3n) is 6.29. The van der Waals surface area contributed by atoms with Crippen molar-refractivity contribution in [3.8, 4) is 0 Å². The number of Topliss-reactive ketones (excluding diaryl/α,β-unsaturated/α-hetero) is 2. The van der Waals surface area contributed by atoms with E-state index in [9.17, 15) is 14.7 Å². The van der Waals surface area contributed by atoms with Crippen LogP contribution in [0.3, 0.4) is 0 Å². The zero-order valence-electron chi connectivity index (χ0n) is 14.7. The first-order chi connectivity index (χ1) is 10.7. The normalized spacial score (nSPS) is 34.0. The molecule has 3 rings (SSSR count). The summed E-state index contributed by atoms with van der Waals surface area (Å²) >= 11 is 0. The minimum atomic E-state index is -0.835. The van der Waals surface area contributed by atoms with Gasteiger partial charge in [-0.1, -0.05) is 40.2 Å². The molecule has 0 saturated heterocycles. The zero-order valence-corrected chi connectivity index (χ0v) is 14.7. The van der Waals surface area contributed by atoms with Gasteiger partial charge in [-0.3, -0.25) is 9.59 Å². The molecule has 23 heavy (non-hydrogen) atoms. The lowest BCUT2D eigenvalue weighted by Gasteiger charge is -2.49. The van der Waals surface area contributed by atoms with Crippen molar-refractivity contribution in [3.05, 3.63) is 22.8 Å². The van der Waals surface area contributed by atoms with E-state index in [1.807, 2.05) is 19.9 Å². The number of hydrogen-bond acceptors (Lipinski definition) is 3. The van der Waals surface area contributed by atoms with Crippen LogP contribution in [0.1, 0.15) is 66.2 Å². The second kappa shape index (κ2) is 5.41. The van der Waals surface area contributed by atoms with Crippen LogP contribution in [0.2, 0.25) is 0 Å². The highest BCUT2D eigenvalue weighted by atomic mass is 16.3. The summed E-state index contributed by atoms with van der Waals surface area (Å²) in [5.41, 5.74) is 1.46. The number of carbonyl (C=O) groups excluding carboxylic acids is 2. The van der Waals surface area contributed by atoms with Crippen molar-refractivity contribution < 1.29 is 14.7 Å². The van der Waals surface area contributed by atoms with Crippen molar-refractivity contribution in [1.82, 2.24) is 0 Å². The molecule has 0 spiro atoms. The Labute approximate surface area is 138 Å². The molecule has 0 aromatic rings. The molecule has 0 bridgehead atoms. The standard InChI is InChI=1S/C20H28O3/c1-12(2)14-10-13-6-7-16-19(3,4)8-5-9-20(16,23)11-15(13)18(22)17(14)21/h10,12,16,23H,5-9,11H2,1-4H3/t16-,20-/m0/s1. The third kappa shape index (κ3) is 2.63. The van der Waals surface area contributed by atoms with Crippen molar-refractivity contribution in [2.24, 2.45) is 17.3 Å². The molecule has 0 aliphatic heterocycles. The fraction of sp³-hybridized carbons (Fsp3) is 0.700. The lowest BCUT2D eigenvalue weighted by atomic mass is 9.59. The number of rotatable bonds is 1. The Morgan fingerprint density at radius 2 is 1.87 bits per heavy atom. The van der Waals surface area contributed by atoms with E-state index in [1.165, 1.54) is 0 Å². The van der Waals surface area contributed by atoms with Gasteiger partial charge >= 0.3 is 0 Å². The van der Waals surface area contributed by atoms with E-state index in [-0.39, 0.29) is 28.8 Å². The quantitative estimate of drug-likeness (QED) is 0.592. The van der Waals surface area contributed by atoms with E-state index in [0.29, 0.717) is 17.6 Å². The number of allylic oxidation sites excluding steroid dienone is 3. The molecule has 3 heteroatoms. The van der Waals surface area contributed by atoms with E-state index >= 15 is 0 Å². The van der Waals surface area contributed by atoms with E-state index in [2.05, 4.69) is 13.8 Å². The van der Waals surface area contributed by atoms with E-state index in [0.717, 1.165) is 37.7 Å². The molecule has 3 nitrogen and oxygen atoms in total. The Morgan fingerprint density at radius 1 is 1.17 bits per heavy atom. The predicted molar refractivity (Wildman–Crippen MR) is 89.9 cm³/mol. The molecule has 0 amide bonds. The first-order valence-electron chi connectivity index (χ1n) is 8.91. The highest BCUT2D eigenvalue weighted by Gasteiger charge is 2.51. The van der Waals surface area contributed by atoms with Crippen LogP contribution in [0.25, 0.3) is 0 Å². The summed E-state index contributed by atoms with van der Waals surface area (Å²) in [6, 6.07) is 0. The molecule has 0 aromatic carbocycles. The summed E-state index contributed by atoms with van der Waals surface area (Å²) in [6.07, 6.45) is 6.81. The highest BCUT2D eigenvalue weighted by molar-refractivity contribution is 6.50. The van der Waals surface area contributed by atoms with Gasteiger partial charge in [0.15, 0.2) is 0 Å². The van der Waals surface area contributed by atoms with Crippen molar-refractivity contribution in [2.45, 2.75) is 71.8 Å². The summed E-state index contributed by atoms with van der Waals surface area (Å²) in [5.74, 6) is -0.488. The Hall–Kier alpha value is -1.22. The second-order valence-corrected chi connectivity index (χ2v) is 8.63. The van der Waals surface area contributed by atoms with E-state index in [1.54, 1.807) is 0 Å². The number of aliphatic hydroxyl groups is 1. The summed E-state index contributed by atoms with van der Waals surface area (Å²) < 4.78 is 0. The van der Waals surface area contributed by atoms with Crippen LogP contribution < -0.4 is 0 Å². The SMILES string of the molecule is CC(C)C1=CC2=C(C[C@@]3(O)CCCC(C)(C)[C@@H]3CC2)C(=O)C1=O. The van der Waals surface area contributed by atoms with Crippen LogP contribution in [0, 0.1) is 17.3 Å². The number of fused-ring (bicyclic) bond motifs is 1. The topological polar surface area (TPSA) is 54.4 Å². The zero-order chi connectivity index (χ0) is 17.0. The minimum absolute atomic E-state index is 0.0607. The van der Waals surface area contributed by atoms with Gasteiger partial charge in [-0.2, -0.15) is 0 Å². The molecule has 1 fully saturated rings. The Balaban J connectivity index is 2.03. The minimum Gasteiger partial charge on any atom is -0.389 e. The summed E-state index contributed by atoms with van der Waals surface area (Å²) in [5, 5.41) is 11.3. The first kappa shape index (κ1) is 16.6. The van der Waals surface area contributed by atoms with Crippen molar-refractivity contribution in [3.63, 3.8) is 0 Å². The maximum atomic E-state index is 12.6. The molecule has 2 atom stereocenters. The third-order valence-corrected chi connectivity index (χ3v) is 6.29. The Morgan fingerprint density at radius 3 is 2.52 bits per heavy atom. The summed E-state index contributed by atoms with van der Waals surface area (Å²) in [4.78, 5) is 25.0. The van der Waals surface area contributed by atoms with Gasteiger partial charge in [0.2, 0.25) is 11.6 Å². The molecule has 0 aromatic heterocycles. The van der Waals surface area contributed by atoms with Gasteiger partial charge in [0.05, 0.1) is 5.60 Å². The lowest BCUT2D eigenvalue weighted by molar-refractivity contribution is -0.134. The second-order valence-electron chi connectivity index (χ2n) is 8.63. The summed E-state index contributed by atoms with van der Waals surface area (Å²) in [6.45, 7) is 8.37. The fourth-order valence-electron chi connectivity index (χ4n) is 5.00. The summed E-state index contributed by atoms with van der Waals surface area (Å²) in [7, 11) is 0. The maximum Gasteiger partial charge on any atom is 0.229 e. The van der Waals surface area contributed by atoms with E-state index < -0.39 is 5.60 Å². The smallest absolute Gasteiger partial charge is 0.229 e. The molecule has 0 heterocycles. The molecule has 1 saturated carbocycles. The maximum absolute atomic E-state index is 12.6. The van der Waals surface area contributed by atoms with Crippen molar-refractivity contribution in [2.75, 3.05) is 0 Å². The fourth-order valence-corrected chi connectivity index (χ4v) is 5.00.